The van der Waals surface area contributed by atoms with Crippen molar-refractivity contribution in [3.05, 3.63) is 23.8 Å². The Labute approximate surface area is 87.0 Å². The Hall–Kier alpha value is -2.22. The minimum Gasteiger partial charge on any atom is -0.496 e. The van der Waals surface area contributed by atoms with Crippen LogP contribution in [0.25, 0.3) is 0 Å². The smallest absolute Gasteiger partial charge is 0.345 e. The van der Waals surface area contributed by atoms with Crippen molar-refractivity contribution in [2.75, 3.05) is 19.5 Å². The van der Waals surface area contributed by atoms with Gasteiger partial charge in [-0.1, -0.05) is 6.07 Å². The van der Waals surface area contributed by atoms with Gasteiger partial charge < -0.3 is 15.2 Å². The monoisotopic (exact) mass is 206 g/mol. The zero-order valence-corrected chi connectivity index (χ0v) is 8.19. The number of benzene rings is 1. The highest BCUT2D eigenvalue weighted by atomic mass is 16.5. The lowest BCUT2D eigenvalue weighted by Crippen LogP contribution is -2.10. The number of hydrogen-bond acceptors (Lipinski definition) is 5. The molecule has 5 heteroatoms. The van der Waals surface area contributed by atoms with E-state index in [2.05, 4.69) is 4.74 Å². The number of rotatable bonds is 3. The summed E-state index contributed by atoms with van der Waals surface area (Å²) in [6, 6.07) is 6.52. The standard InChI is InChI=1S/C10H10N2O3/c1-14-8-4-2-3-7(12)9(8)10(13)15-6-5-11/h2-4H,6,12H2,1H3. The van der Waals surface area contributed by atoms with Gasteiger partial charge in [-0.3, -0.25) is 0 Å². The molecule has 0 aromatic heterocycles. The Morgan fingerprint density at radius 3 is 2.93 bits per heavy atom. The molecule has 0 fully saturated rings. The molecular weight excluding hydrogens is 196 g/mol. The van der Waals surface area contributed by atoms with Crippen LogP contribution < -0.4 is 10.5 Å². The molecule has 0 atom stereocenters. The first-order valence-corrected chi connectivity index (χ1v) is 4.17. The van der Waals surface area contributed by atoms with E-state index < -0.39 is 5.97 Å². The van der Waals surface area contributed by atoms with Crippen LogP contribution in [0.15, 0.2) is 18.2 Å². The molecule has 0 aliphatic carbocycles. The van der Waals surface area contributed by atoms with Gasteiger partial charge >= 0.3 is 5.97 Å². The van der Waals surface area contributed by atoms with Gasteiger partial charge in [0, 0.05) is 5.69 Å². The van der Waals surface area contributed by atoms with Crippen molar-refractivity contribution in [2.24, 2.45) is 0 Å². The van der Waals surface area contributed by atoms with Crippen LogP contribution in [-0.2, 0) is 4.74 Å². The van der Waals surface area contributed by atoms with Gasteiger partial charge in [-0.05, 0) is 12.1 Å². The molecule has 0 unspecified atom stereocenters. The van der Waals surface area contributed by atoms with E-state index in [9.17, 15) is 4.79 Å². The van der Waals surface area contributed by atoms with Crippen molar-refractivity contribution < 1.29 is 14.3 Å². The van der Waals surface area contributed by atoms with Gasteiger partial charge in [0.1, 0.15) is 17.4 Å². The summed E-state index contributed by atoms with van der Waals surface area (Å²) < 4.78 is 9.60. The van der Waals surface area contributed by atoms with Crippen molar-refractivity contribution >= 4 is 11.7 Å². The third-order valence-corrected chi connectivity index (χ3v) is 1.75. The maximum absolute atomic E-state index is 11.5. The van der Waals surface area contributed by atoms with Crippen LogP contribution in [-0.4, -0.2) is 19.7 Å². The summed E-state index contributed by atoms with van der Waals surface area (Å²) in [4.78, 5) is 11.5. The molecule has 0 amide bonds. The summed E-state index contributed by atoms with van der Waals surface area (Å²) >= 11 is 0. The highest BCUT2D eigenvalue weighted by Gasteiger charge is 2.16. The lowest BCUT2D eigenvalue weighted by Gasteiger charge is -2.09. The number of ether oxygens (including phenoxy) is 2. The largest absolute Gasteiger partial charge is 0.496 e. The summed E-state index contributed by atoms with van der Waals surface area (Å²) in [6.07, 6.45) is 0. The lowest BCUT2D eigenvalue weighted by molar-refractivity contribution is 0.0552. The second-order valence-corrected chi connectivity index (χ2v) is 2.66. The van der Waals surface area contributed by atoms with Gasteiger partial charge in [0.15, 0.2) is 6.61 Å². The number of nitrogens with zero attached hydrogens (tertiary/aromatic N) is 1. The molecule has 15 heavy (non-hydrogen) atoms. The third kappa shape index (κ3) is 2.38. The third-order valence-electron chi connectivity index (χ3n) is 1.75. The van der Waals surface area contributed by atoms with Crippen LogP contribution in [0.1, 0.15) is 10.4 Å². The average Bonchev–Trinajstić information content (AvgIpc) is 2.25. The first-order valence-electron chi connectivity index (χ1n) is 4.17. The molecule has 1 rings (SSSR count). The zero-order chi connectivity index (χ0) is 11.3. The van der Waals surface area contributed by atoms with Gasteiger partial charge in [0.2, 0.25) is 0 Å². The highest BCUT2D eigenvalue weighted by Crippen LogP contribution is 2.24. The van der Waals surface area contributed by atoms with E-state index in [0.717, 1.165) is 0 Å². The molecular formula is C10H10N2O3. The number of carbonyl (C=O) groups excluding carboxylic acids is 1. The predicted molar refractivity (Wildman–Crippen MR) is 53.3 cm³/mol. The second kappa shape index (κ2) is 4.86. The van der Waals surface area contributed by atoms with Gasteiger partial charge in [0.25, 0.3) is 0 Å². The quantitative estimate of drug-likeness (QED) is 0.588. The Morgan fingerprint density at radius 1 is 1.60 bits per heavy atom. The number of nitrogen functional groups attached to an aromatic ring is 1. The van der Waals surface area contributed by atoms with Gasteiger partial charge in [-0.15, -0.1) is 0 Å². The highest BCUT2D eigenvalue weighted by molar-refractivity contribution is 5.98. The summed E-state index contributed by atoms with van der Waals surface area (Å²) in [6.45, 7) is -0.309. The minimum absolute atomic E-state index is 0.148. The minimum atomic E-state index is -0.661. The molecule has 0 heterocycles. The molecule has 5 nitrogen and oxygen atoms in total. The number of nitriles is 1. The van der Waals surface area contributed by atoms with E-state index in [1.165, 1.54) is 7.11 Å². The molecule has 0 spiro atoms. The number of methoxy groups -OCH3 is 1. The molecule has 0 aliphatic rings. The Balaban J connectivity index is 3.01. The van der Waals surface area contributed by atoms with Crippen LogP contribution in [0.2, 0.25) is 0 Å². The molecule has 1 aromatic carbocycles. The van der Waals surface area contributed by atoms with E-state index in [-0.39, 0.29) is 17.9 Å². The number of esters is 1. The first kappa shape index (κ1) is 10.9. The van der Waals surface area contributed by atoms with E-state index in [4.69, 9.17) is 15.7 Å². The van der Waals surface area contributed by atoms with Crippen LogP contribution in [0.4, 0.5) is 5.69 Å². The van der Waals surface area contributed by atoms with E-state index in [0.29, 0.717) is 5.75 Å². The normalized spacial score (nSPS) is 9.07. The van der Waals surface area contributed by atoms with Gasteiger partial charge in [-0.2, -0.15) is 5.26 Å². The molecule has 0 bridgehead atoms. The summed E-state index contributed by atoms with van der Waals surface area (Å²) in [7, 11) is 1.43. The summed E-state index contributed by atoms with van der Waals surface area (Å²) in [5, 5.41) is 8.27. The molecule has 2 N–H and O–H groups in total. The van der Waals surface area contributed by atoms with E-state index >= 15 is 0 Å². The van der Waals surface area contributed by atoms with E-state index in [1.54, 1.807) is 24.3 Å². The average molecular weight is 206 g/mol. The molecule has 1 aromatic rings. The maximum atomic E-state index is 11.5. The number of hydrogen-bond donors (Lipinski definition) is 1. The second-order valence-electron chi connectivity index (χ2n) is 2.66. The maximum Gasteiger partial charge on any atom is 0.345 e. The van der Waals surface area contributed by atoms with E-state index in [1.807, 2.05) is 0 Å². The predicted octanol–water partition coefficient (Wildman–Crippen LogP) is 0.958. The van der Waals surface area contributed by atoms with Crippen molar-refractivity contribution in [3.63, 3.8) is 0 Å². The van der Waals surface area contributed by atoms with Crippen molar-refractivity contribution in [2.45, 2.75) is 0 Å². The Bertz CT molecular complexity index is 410. The number of anilines is 1. The Kier molecular flexibility index (Phi) is 3.52. The number of nitrogens with two attached hydrogens (primary N) is 1. The first-order chi connectivity index (χ1) is 7.20. The van der Waals surface area contributed by atoms with Crippen molar-refractivity contribution in [1.29, 1.82) is 5.26 Å². The molecule has 0 aliphatic heterocycles. The van der Waals surface area contributed by atoms with Crippen molar-refractivity contribution in [3.8, 4) is 11.8 Å². The fourth-order valence-corrected chi connectivity index (χ4v) is 1.11. The fourth-order valence-electron chi connectivity index (χ4n) is 1.11. The lowest BCUT2D eigenvalue weighted by atomic mass is 10.1. The van der Waals surface area contributed by atoms with Gasteiger partial charge in [-0.25, -0.2) is 4.79 Å². The topological polar surface area (TPSA) is 85.3 Å². The van der Waals surface area contributed by atoms with Crippen LogP contribution in [0, 0.1) is 11.3 Å². The SMILES string of the molecule is COc1cccc(N)c1C(=O)OCC#N. The molecule has 0 radical (unpaired) electrons. The summed E-state index contributed by atoms with van der Waals surface area (Å²) in [5.41, 5.74) is 6.02. The van der Waals surface area contributed by atoms with Crippen LogP contribution >= 0.6 is 0 Å². The zero-order valence-electron chi connectivity index (χ0n) is 8.19. The Morgan fingerprint density at radius 2 is 2.33 bits per heavy atom. The van der Waals surface area contributed by atoms with Crippen LogP contribution in [0.5, 0.6) is 5.75 Å². The summed E-state index contributed by atoms with van der Waals surface area (Å²) in [5.74, 6) is -0.329. The number of carbonyl (C=O) groups is 1. The molecule has 78 valence electrons. The fraction of sp³-hybridized carbons (Fsp3) is 0.200. The molecule has 0 saturated carbocycles. The van der Waals surface area contributed by atoms with Crippen molar-refractivity contribution in [1.82, 2.24) is 0 Å². The van der Waals surface area contributed by atoms with Crippen LogP contribution in [0.3, 0.4) is 0 Å². The molecule has 0 saturated heterocycles. The van der Waals surface area contributed by atoms with Gasteiger partial charge in [0.05, 0.1) is 7.11 Å².